The average Bonchev–Trinajstić information content (AvgIpc) is 3.02. The Bertz CT molecular complexity index is 996. The number of carbonyl (C=O) groups is 2. The van der Waals surface area contributed by atoms with Crippen LogP contribution in [0.3, 0.4) is 0 Å². The summed E-state index contributed by atoms with van der Waals surface area (Å²) < 4.78 is 5.21. The fourth-order valence-corrected chi connectivity index (χ4v) is 4.18. The highest BCUT2D eigenvalue weighted by Crippen LogP contribution is 2.27. The molecule has 0 aromatic heterocycles. The van der Waals surface area contributed by atoms with Gasteiger partial charge in [0.15, 0.2) is 0 Å². The Morgan fingerprint density at radius 1 is 0.875 bits per heavy atom. The van der Waals surface area contributed by atoms with Crippen LogP contribution in [0.1, 0.15) is 29.0 Å². The summed E-state index contributed by atoms with van der Waals surface area (Å²) >= 11 is 0. The third kappa shape index (κ3) is 4.99. The van der Waals surface area contributed by atoms with Crippen LogP contribution in [0.2, 0.25) is 0 Å². The molecule has 4 rings (SSSR count). The maximum Gasteiger partial charge on any atom is 0.242 e. The monoisotopic (exact) mass is 428 g/mol. The molecule has 0 unspecified atom stereocenters. The summed E-state index contributed by atoms with van der Waals surface area (Å²) in [6.45, 7) is 1.84. The smallest absolute Gasteiger partial charge is 0.242 e. The molecule has 0 radical (unpaired) electrons. The third-order valence-electron chi connectivity index (χ3n) is 5.89. The van der Waals surface area contributed by atoms with E-state index in [0.717, 1.165) is 28.9 Å². The van der Waals surface area contributed by atoms with Gasteiger partial charge in [-0.2, -0.15) is 0 Å². The van der Waals surface area contributed by atoms with Gasteiger partial charge >= 0.3 is 0 Å². The first-order valence-electron chi connectivity index (χ1n) is 10.9. The Labute approximate surface area is 189 Å². The van der Waals surface area contributed by atoms with Crippen molar-refractivity contribution in [1.82, 2.24) is 9.80 Å². The first-order valence-corrected chi connectivity index (χ1v) is 10.9. The van der Waals surface area contributed by atoms with E-state index < -0.39 is 5.92 Å². The molecule has 3 aromatic carbocycles. The lowest BCUT2D eigenvalue weighted by Gasteiger charge is -2.26. The van der Waals surface area contributed by atoms with Gasteiger partial charge in [-0.3, -0.25) is 9.59 Å². The molecule has 2 amide bonds. The van der Waals surface area contributed by atoms with E-state index in [1.807, 2.05) is 89.8 Å². The van der Waals surface area contributed by atoms with Crippen LogP contribution < -0.4 is 4.74 Å². The van der Waals surface area contributed by atoms with E-state index in [0.29, 0.717) is 19.6 Å². The lowest BCUT2D eigenvalue weighted by molar-refractivity contribution is -0.139. The van der Waals surface area contributed by atoms with E-state index in [-0.39, 0.29) is 18.4 Å². The molecule has 5 heteroatoms. The van der Waals surface area contributed by atoms with Gasteiger partial charge in [0.05, 0.1) is 19.6 Å². The molecule has 1 aliphatic heterocycles. The van der Waals surface area contributed by atoms with Gasteiger partial charge in [-0.15, -0.1) is 0 Å². The minimum atomic E-state index is -0.418. The van der Waals surface area contributed by atoms with Crippen LogP contribution in [-0.4, -0.2) is 48.4 Å². The lowest BCUT2D eigenvalue weighted by Crippen LogP contribution is -2.41. The first-order chi connectivity index (χ1) is 15.7. The SMILES string of the molecule is COc1ccc(CN2CCCN(C(=O)C(c3ccccc3)c3ccccc3)CC2=O)cc1. The molecule has 32 heavy (non-hydrogen) atoms. The van der Waals surface area contributed by atoms with Crippen molar-refractivity contribution >= 4 is 11.8 Å². The molecule has 0 N–H and O–H groups in total. The molecule has 0 aliphatic carbocycles. The number of hydrogen-bond donors (Lipinski definition) is 0. The van der Waals surface area contributed by atoms with E-state index in [2.05, 4.69) is 0 Å². The fraction of sp³-hybridized carbons (Fsp3) is 0.259. The van der Waals surface area contributed by atoms with Gasteiger partial charge in [-0.05, 0) is 35.2 Å². The van der Waals surface area contributed by atoms with Crippen LogP contribution in [0, 0.1) is 0 Å². The number of nitrogens with zero attached hydrogens (tertiary/aromatic N) is 2. The van der Waals surface area contributed by atoms with Crippen molar-refractivity contribution in [1.29, 1.82) is 0 Å². The molecule has 1 heterocycles. The number of rotatable bonds is 6. The van der Waals surface area contributed by atoms with Crippen LogP contribution in [0.25, 0.3) is 0 Å². The quantitative estimate of drug-likeness (QED) is 0.594. The van der Waals surface area contributed by atoms with Crippen LogP contribution in [0.15, 0.2) is 84.9 Å². The number of carbonyl (C=O) groups excluding carboxylic acids is 2. The molecular weight excluding hydrogens is 400 g/mol. The molecule has 3 aromatic rings. The summed E-state index contributed by atoms with van der Waals surface area (Å²) in [4.78, 5) is 30.3. The average molecular weight is 429 g/mol. The van der Waals surface area contributed by atoms with Gasteiger partial charge in [-0.1, -0.05) is 72.8 Å². The second-order valence-corrected chi connectivity index (χ2v) is 8.03. The second kappa shape index (κ2) is 10.1. The Hall–Kier alpha value is -3.60. The highest BCUT2D eigenvalue weighted by atomic mass is 16.5. The van der Waals surface area contributed by atoms with E-state index in [4.69, 9.17) is 4.74 Å². The zero-order valence-electron chi connectivity index (χ0n) is 18.3. The van der Waals surface area contributed by atoms with Crippen molar-refractivity contribution in [2.45, 2.75) is 18.9 Å². The van der Waals surface area contributed by atoms with Crippen molar-refractivity contribution in [2.75, 3.05) is 26.7 Å². The fourth-order valence-electron chi connectivity index (χ4n) is 4.18. The number of hydrogen-bond acceptors (Lipinski definition) is 3. The van der Waals surface area contributed by atoms with Gasteiger partial charge < -0.3 is 14.5 Å². The molecule has 0 bridgehead atoms. The molecule has 164 valence electrons. The van der Waals surface area contributed by atoms with Gasteiger partial charge in [0, 0.05) is 19.6 Å². The molecular formula is C27H28N2O3. The van der Waals surface area contributed by atoms with Crippen LogP contribution in [0.5, 0.6) is 5.75 Å². The van der Waals surface area contributed by atoms with Gasteiger partial charge in [0.25, 0.3) is 0 Å². The van der Waals surface area contributed by atoms with Crippen LogP contribution >= 0.6 is 0 Å². The molecule has 0 atom stereocenters. The lowest BCUT2D eigenvalue weighted by atomic mass is 9.90. The Morgan fingerprint density at radius 2 is 1.47 bits per heavy atom. The van der Waals surface area contributed by atoms with E-state index >= 15 is 0 Å². The van der Waals surface area contributed by atoms with Crippen molar-refractivity contribution in [3.63, 3.8) is 0 Å². The second-order valence-electron chi connectivity index (χ2n) is 8.03. The highest BCUT2D eigenvalue weighted by Gasteiger charge is 2.31. The largest absolute Gasteiger partial charge is 0.497 e. The third-order valence-corrected chi connectivity index (χ3v) is 5.89. The van der Waals surface area contributed by atoms with Crippen molar-refractivity contribution < 1.29 is 14.3 Å². The Balaban J connectivity index is 1.51. The van der Waals surface area contributed by atoms with Gasteiger partial charge in [-0.25, -0.2) is 0 Å². The highest BCUT2D eigenvalue weighted by molar-refractivity contribution is 5.91. The Morgan fingerprint density at radius 3 is 2.03 bits per heavy atom. The number of amides is 2. The topological polar surface area (TPSA) is 49.9 Å². The molecule has 1 aliphatic rings. The first kappa shape index (κ1) is 21.6. The van der Waals surface area contributed by atoms with Crippen molar-refractivity contribution in [2.24, 2.45) is 0 Å². The predicted octanol–water partition coefficient (Wildman–Crippen LogP) is 4.09. The molecule has 0 saturated carbocycles. The minimum Gasteiger partial charge on any atom is -0.497 e. The normalized spacial score (nSPS) is 14.4. The summed E-state index contributed by atoms with van der Waals surface area (Å²) in [6, 6.07) is 27.3. The molecule has 5 nitrogen and oxygen atoms in total. The predicted molar refractivity (Wildman–Crippen MR) is 124 cm³/mol. The standard InChI is InChI=1S/C27H28N2O3/c1-32-24-15-13-21(14-16-24)19-28-17-8-18-29(20-25(28)30)27(31)26(22-9-4-2-5-10-22)23-11-6-3-7-12-23/h2-7,9-16,26H,8,17-20H2,1H3. The minimum absolute atomic E-state index is 0.0217. The summed E-state index contributed by atoms with van der Waals surface area (Å²) in [7, 11) is 1.64. The summed E-state index contributed by atoms with van der Waals surface area (Å²) in [5.74, 6) is 0.326. The maximum atomic E-state index is 13.7. The van der Waals surface area contributed by atoms with Crippen molar-refractivity contribution in [3.8, 4) is 5.75 Å². The van der Waals surface area contributed by atoms with Crippen LogP contribution in [0.4, 0.5) is 0 Å². The van der Waals surface area contributed by atoms with Gasteiger partial charge in [0.1, 0.15) is 5.75 Å². The number of benzene rings is 3. The summed E-state index contributed by atoms with van der Waals surface area (Å²) in [5, 5.41) is 0. The number of methoxy groups -OCH3 is 1. The summed E-state index contributed by atoms with van der Waals surface area (Å²) in [6.07, 6.45) is 0.754. The summed E-state index contributed by atoms with van der Waals surface area (Å²) in [5.41, 5.74) is 2.93. The van der Waals surface area contributed by atoms with Crippen LogP contribution in [-0.2, 0) is 16.1 Å². The van der Waals surface area contributed by atoms with Gasteiger partial charge in [0.2, 0.25) is 11.8 Å². The molecule has 0 spiro atoms. The molecule has 1 fully saturated rings. The maximum absolute atomic E-state index is 13.7. The van der Waals surface area contributed by atoms with E-state index in [9.17, 15) is 9.59 Å². The molecule has 1 saturated heterocycles. The Kier molecular flexibility index (Phi) is 6.85. The van der Waals surface area contributed by atoms with Crippen molar-refractivity contribution in [3.05, 3.63) is 102 Å². The number of ether oxygens (including phenoxy) is 1. The zero-order valence-corrected chi connectivity index (χ0v) is 18.3. The van der Waals surface area contributed by atoms with E-state index in [1.165, 1.54) is 0 Å². The van der Waals surface area contributed by atoms with E-state index in [1.54, 1.807) is 12.0 Å². The zero-order chi connectivity index (χ0) is 22.3.